The van der Waals surface area contributed by atoms with Gasteiger partial charge in [-0.25, -0.2) is 9.50 Å². The van der Waals surface area contributed by atoms with E-state index in [0.29, 0.717) is 16.5 Å². The fraction of sp³-hybridized carbons (Fsp3) is 0.368. The third-order valence-electron chi connectivity index (χ3n) is 4.72. The topological polar surface area (TPSA) is 75.4 Å². The Morgan fingerprint density at radius 1 is 1.11 bits per heavy atom. The van der Waals surface area contributed by atoms with Crippen LogP contribution in [-0.4, -0.2) is 38.6 Å². The normalized spacial score (nSPS) is 14.6. The summed E-state index contributed by atoms with van der Waals surface area (Å²) in [5.41, 5.74) is 3.36. The zero-order valence-electron chi connectivity index (χ0n) is 15.4. The van der Waals surface area contributed by atoms with Crippen LogP contribution in [0.4, 0.5) is 11.4 Å². The minimum atomic E-state index is -0.377. The van der Waals surface area contributed by atoms with Crippen molar-refractivity contribution in [1.29, 1.82) is 0 Å². The molecule has 1 N–H and O–H groups in total. The molecule has 1 amide bonds. The van der Waals surface area contributed by atoms with Gasteiger partial charge in [0.1, 0.15) is 0 Å². The number of aryl methyl sites for hydroxylation is 2. The molecule has 1 aromatic carbocycles. The molecular formula is C19H21ClN6O. The van der Waals surface area contributed by atoms with Gasteiger partial charge in [-0.2, -0.15) is 4.98 Å². The second kappa shape index (κ2) is 7.15. The van der Waals surface area contributed by atoms with E-state index >= 15 is 0 Å². The molecule has 27 heavy (non-hydrogen) atoms. The summed E-state index contributed by atoms with van der Waals surface area (Å²) in [6.45, 7) is 5.74. The van der Waals surface area contributed by atoms with Gasteiger partial charge in [0.15, 0.2) is 0 Å². The third-order valence-corrected chi connectivity index (χ3v) is 4.96. The SMILES string of the molecule is Cc1cc(C)n2nc(C(=O)Nc3cc(Cl)ccc3N3CCCCC3)nc2n1. The maximum Gasteiger partial charge on any atom is 0.295 e. The maximum absolute atomic E-state index is 12.8. The first-order valence-electron chi connectivity index (χ1n) is 9.08. The van der Waals surface area contributed by atoms with Crippen molar-refractivity contribution in [2.75, 3.05) is 23.3 Å². The van der Waals surface area contributed by atoms with Crippen molar-refractivity contribution in [2.24, 2.45) is 0 Å². The first kappa shape index (κ1) is 17.7. The molecule has 0 saturated carbocycles. The Kier molecular flexibility index (Phi) is 4.70. The summed E-state index contributed by atoms with van der Waals surface area (Å²) in [6, 6.07) is 7.47. The van der Waals surface area contributed by atoms with Gasteiger partial charge < -0.3 is 10.2 Å². The molecule has 0 bridgehead atoms. The summed E-state index contributed by atoms with van der Waals surface area (Å²) in [7, 11) is 0. The summed E-state index contributed by atoms with van der Waals surface area (Å²) < 4.78 is 1.57. The fourth-order valence-corrected chi connectivity index (χ4v) is 3.63. The highest BCUT2D eigenvalue weighted by atomic mass is 35.5. The van der Waals surface area contributed by atoms with Crippen molar-refractivity contribution >= 4 is 34.7 Å². The van der Waals surface area contributed by atoms with Crippen LogP contribution in [0.3, 0.4) is 0 Å². The van der Waals surface area contributed by atoms with Crippen LogP contribution >= 0.6 is 11.6 Å². The molecule has 1 fully saturated rings. The number of aromatic nitrogens is 4. The van der Waals surface area contributed by atoms with Gasteiger partial charge in [-0.3, -0.25) is 4.79 Å². The molecule has 140 valence electrons. The van der Waals surface area contributed by atoms with Gasteiger partial charge in [-0.1, -0.05) is 11.6 Å². The number of benzene rings is 1. The van der Waals surface area contributed by atoms with E-state index in [1.807, 2.05) is 32.0 Å². The summed E-state index contributed by atoms with van der Waals surface area (Å²) in [6.07, 6.45) is 3.53. The Morgan fingerprint density at radius 3 is 2.67 bits per heavy atom. The largest absolute Gasteiger partial charge is 0.370 e. The number of nitrogens with one attached hydrogen (secondary N) is 1. The van der Waals surface area contributed by atoms with Gasteiger partial charge in [-0.05, 0) is 57.4 Å². The van der Waals surface area contributed by atoms with E-state index in [4.69, 9.17) is 11.6 Å². The Hall–Kier alpha value is -2.67. The number of halogens is 1. The molecule has 8 heteroatoms. The smallest absolute Gasteiger partial charge is 0.295 e. The fourth-order valence-electron chi connectivity index (χ4n) is 3.46. The predicted octanol–water partition coefficient (Wildman–Crippen LogP) is 3.64. The van der Waals surface area contributed by atoms with Gasteiger partial charge in [-0.15, -0.1) is 5.10 Å². The molecular weight excluding hydrogens is 364 g/mol. The van der Waals surface area contributed by atoms with Gasteiger partial charge in [0.05, 0.1) is 11.4 Å². The number of hydrogen-bond donors (Lipinski definition) is 1. The lowest BCUT2D eigenvalue weighted by Crippen LogP contribution is -2.30. The molecule has 0 atom stereocenters. The number of anilines is 2. The number of amides is 1. The second-order valence-corrected chi connectivity index (χ2v) is 7.29. The van der Waals surface area contributed by atoms with Crippen LogP contribution in [0.1, 0.15) is 41.3 Å². The van der Waals surface area contributed by atoms with E-state index in [-0.39, 0.29) is 11.7 Å². The molecule has 1 aliphatic rings. The van der Waals surface area contributed by atoms with Gasteiger partial charge in [0.25, 0.3) is 11.7 Å². The number of fused-ring (bicyclic) bond motifs is 1. The lowest BCUT2D eigenvalue weighted by molar-refractivity contribution is 0.101. The van der Waals surface area contributed by atoms with E-state index in [2.05, 4.69) is 25.3 Å². The van der Waals surface area contributed by atoms with Gasteiger partial charge in [0.2, 0.25) is 5.82 Å². The molecule has 2 aromatic heterocycles. The van der Waals surface area contributed by atoms with E-state index in [9.17, 15) is 4.79 Å². The van der Waals surface area contributed by atoms with E-state index < -0.39 is 0 Å². The van der Waals surface area contributed by atoms with E-state index in [0.717, 1.165) is 43.0 Å². The average molecular weight is 385 g/mol. The summed E-state index contributed by atoms with van der Waals surface area (Å²) in [4.78, 5) is 23.7. The van der Waals surface area contributed by atoms with Crippen LogP contribution in [-0.2, 0) is 0 Å². The summed E-state index contributed by atoms with van der Waals surface area (Å²) >= 11 is 6.17. The molecule has 0 unspecified atom stereocenters. The van der Waals surface area contributed by atoms with E-state index in [1.165, 1.54) is 6.42 Å². The second-order valence-electron chi connectivity index (χ2n) is 6.85. The molecule has 1 aliphatic heterocycles. The molecule has 1 saturated heterocycles. The standard InChI is InChI=1S/C19H21ClN6O/c1-12-10-13(2)26-19(21-12)23-17(24-26)18(27)22-15-11-14(20)6-7-16(15)25-8-4-3-5-9-25/h6-7,10-11H,3-5,8-9H2,1-2H3,(H,22,27). The lowest BCUT2D eigenvalue weighted by Gasteiger charge is -2.30. The third kappa shape index (κ3) is 3.60. The highest BCUT2D eigenvalue weighted by molar-refractivity contribution is 6.31. The molecule has 4 rings (SSSR count). The summed E-state index contributed by atoms with van der Waals surface area (Å²) in [5.74, 6) is 0.124. The quantitative estimate of drug-likeness (QED) is 0.746. The zero-order valence-corrected chi connectivity index (χ0v) is 16.1. The summed E-state index contributed by atoms with van der Waals surface area (Å²) in [5, 5.41) is 7.80. The Bertz CT molecular complexity index is 1010. The van der Waals surface area contributed by atoms with Crippen molar-refractivity contribution in [3.05, 3.63) is 46.5 Å². The Labute approximate surface area is 162 Å². The number of carbonyl (C=O) groups excluding carboxylic acids is 1. The van der Waals surface area contributed by atoms with Crippen molar-refractivity contribution in [3.8, 4) is 0 Å². The van der Waals surface area contributed by atoms with E-state index in [1.54, 1.807) is 10.6 Å². The van der Waals surface area contributed by atoms with Gasteiger partial charge in [0, 0.05) is 29.5 Å². The van der Waals surface area contributed by atoms with Crippen LogP contribution in [0.15, 0.2) is 24.3 Å². The maximum atomic E-state index is 12.8. The minimum Gasteiger partial charge on any atom is -0.370 e. The molecule has 7 nitrogen and oxygen atoms in total. The molecule has 0 aliphatic carbocycles. The number of nitrogens with zero attached hydrogens (tertiary/aromatic N) is 5. The molecule has 0 spiro atoms. The van der Waals surface area contributed by atoms with Crippen molar-refractivity contribution in [2.45, 2.75) is 33.1 Å². The van der Waals surface area contributed by atoms with Crippen LogP contribution in [0, 0.1) is 13.8 Å². The highest BCUT2D eigenvalue weighted by Gasteiger charge is 2.20. The molecule has 0 radical (unpaired) electrons. The minimum absolute atomic E-state index is 0.0840. The Balaban J connectivity index is 1.64. The van der Waals surface area contributed by atoms with Crippen LogP contribution in [0.5, 0.6) is 0 Å². The van der Waals surface area contributed by atoms with Crippen LogP contribution in [0.2, 0.25) is 5.02 Å². The first-order valence-corrected chi connectivity index (χ1v) is 9.46. The highest BCUT2D eigenvalue weighted by Crippen LogP contribution is 2.31. The lowest BCUT2D eigenvalue weighted by atomic mass is 10.1. The average Bonchev–Trinajstić information content (AvgIpc) is 3.07. The van der Waals surface area contributed by atoms with Crippen molar-refractivity contribution < 1.29 is 4.79 Å². The number of hydrogen-bond acceptors (Lipinski definition) is 5. The van der Waals surface area contributed by atoms with Crippen molar-refractivity contribution in [1.82, 2.24) is 19.6 Å². The number of rotatable bonds is 3. The monoisotopic (exact) mass is 384 g/mol. The Morgan fingerprint density at radius 2 is 1.89 bits per heavy atom. The zero-order chi connectivity index (χ0) is 19.0. The predicted molar refractivity (Wildman–Crippen MR) is 106 cm³/mol. The van der Waals surface area contributed by atoms with Crippen LogP contribution < -0.4 is 10.2 Å². The number of piperidine rings is 1. The molecule has 3 aromatic rings. The van der Waals surface area contributed by atoms with Crippen molar-refractivity contribution in [3.63, 3.8) is 0 Å². The van der Waals surface area contributed by atoms with Gasteiger partial charge >= 0.3 is 0 Å². The first-order chi connectivity index (χ1) is 13.0. The van der Waals surface area contributed by atoms with Crippen LogP contribution in [0.25, 0.3) is 5.78 Å². The number of carbonyl (C=O) groups is 1. The molecule has 3 heterocycles.